The van der Waals surface area contributed by atoms with Gasteiger partial charge in [0, 0.05) is 18.3 Å². The lowest BCUT2D eigenvalue weighted by molar-refractivity contribution is 0.737. The summed E-state index contributed by atoms with van der Waals surface area (Å²) in [7, 11) is 0. The fourth-order valence-corrected chi connectivity index (χ4v) is 1.82. The lowest BCUT2D eigenvalue weighted by Crippen LogP contribution is -1.95. The molecule has 0 aromatic rings. The Bertz CT molecular complexity index is 213. The van der Waals surface area contributed by atoms with Crippen LogP contribution >= 0.6 is 0 Å². The Morgan fingerprint density at radius 2 is 1.86 bits per heavy atom. The van der Waals surface area contributed by atoms with Crippen LogP contribution in [0.25, 0.3) is 0 Å². The number of rotatable bonds is 7. The highest BCUT2D eigenvalue weighted by molar-refractivity contribution is 5.89. The van der Waals surface area contributed by atoms with Crippen molar-refractivity contribution in [3.63, 3.8) is 0 Å². The quantitative estimate of drug-likeness (QED) is 0.528. The van der Waals surface area contributed by atoms with Gasteiger partial charge < -0.3 is 0 Å². The first-order valence-corrected chi connectivity index (χ1v) is 6.10. The van der Waals surface area contributed by atoms with Gasteiger partial charge in [-0.3, -0.25) is 4.99 Å². The molecule has 0 radical (unpaired) electrons. The molecule has 1 heterocycles. The predicted molar refractivity (Wildman–Crippen MR) is 63.8 cm³/mol. The van der Waals surface area contributed by atoms with Gasteiger partial charge in [0.05, 0.1) is 0 Å². The van der Waals surface area contributed by atoms with Crippen LogP contribution in [0.3, 0.4) is 0 Å². The summed E-state index contributed by atoms with van der Waals surface area (Å²) in [6, 6.07) is 0. The SMILES string of the molecule is CCCCCC1=NC=C(CCCC)C1. The number of unbranched alkanes of at least 4 members (excludes halogenated alkanes) is 3. The first kappa shape index (κ1) is 11.5. The summed E-state index contributed by atoms with van der Waals surface area (Å²) in [6.07, 6.45) is 12.4. The zero-order chi connectivity index (χ0) is 10.2. The number of allylic oxidation sites excluding steroid dienone is 1. The van der Waals surface area contributed by atoms with Crippen molar-refractivity contribution in [2.45, 2.75) is 65.2 Å². The van der Waals surface area contributed by atoms with Crippen LogP contribution in [0.2, 0.25) is 0 Å². The van der Waals surface area contributed by atoms with E-state index in [1.165, 1.54) is 57.1 Å². The minimum Gasteiger partial charge on any atom is -0.265 e. The summed E-state index contributed by atoms with van der Waals surface area (Å²) >= 11 is 0. The number of nitrogens with zero attached hydrogens (tertiary/aromatic N) is 1. The topological polar surface area (TPSA) is 12.4 Å². The van der Waals surface area contributed by atoms with Crippen molar-refractivity contribution in [3.8, 4) is 0 Å². The molecule has 0 saturated carbocycles. The van der Waals surface area contributed by atoms with E-state index in [9.17, 15) is 0 Å². The Balaban J connectivity index is 2.10. The van der Waals surface area contributed by atoms with Gasteiger partial charge in [-0.15, -0.1) is 0 Å². The largest absolute Gasteiger partial charge is 0.265 e. The van der Waals surface area contributed by atoms with E-state index in [0.717, 1.165) is 0 Å². The Morgan fingerprint density at radius 1 is 1.07 bits per heavy atom. The van der Waals surface area contributed by atoms with Crippen LogP contribution in [-0.2, 0) is 0 Å². The smallest absolute Gasteiger partial charge is 0.0263 e. The molecule has 0 fully saturated rings. The molecule has 80 valence electrons. The Labute approximate surface area is 88.3 Å². The van der Waals surface area contributed by atoms with Gasteiger partial charge in [0.15, 0.2) is 0 Å². The van der Waals surface area contributed by atoms with E-state index in [-0.39, 0.29) is 0 Å². The molecule has 1 nitrogen and oxygen atoms in total. The van der Waals surface area contributed by atoms with Gasteiger partial charge in [-0.2, -0.15) is 0 Å². The molecule has 0 amide bonds. The average molecular weight is 193 g/mol. The van der Waals surface area contributed by atoms with E-state index < -0.39 is 0 Å². The normalized spacial score (nSPS) is 15.6. The zero-order valence-electron chi connectivity index (χ0n) is 9.68. The molecule has 14 heavy (non-hydrogen) atoms. The van der Waals surface area contributed by atoms with Crippen molar-refractivity contribution in [1.29, 1.82) is 0 Å². The van der Waals surface area contributed by atoms with E-state index in [2.05, 4.69) is 25.0 Å². The summed E-state index contributed by atoms with van der Waals surface area (Å²) in [4.78, 5) is 4.50. The molecular weight excluding hydrogens is 170 g/mol. The first-order chi connectivity index (χ1) is 6.86. The van der Waals surface area contributed by atoms with Gasteiger partial charge in [0.1, 0.15) is 0 Å². The fourth-order valence-electron chi connectivity index (χ4n) is 1.82. The van der Waals surface area contributed by atoms with E-state index in [1.807, 2.05) is 0 Å². The van der Waals surface area contributed by atoms with Crippen molar-refractivity contribution in [1.82, 2.24) is 0 Å². The number of hydrogen-bond donors (Lipinski definition) is 0. The van der Waals surface area contributed by atoms with Gasteiger partial charge in [0.25, 0.3) is 0 Å². The van der Waals surface area contributed by atoms with Crippen LogP contribution in [0.15, 0.2) is 16.8 Å². The minimum atomic E-state index is 1.17. The van der Waals surface area contributed by atoms with Gasteiger partial charge in [-0.05, 0) is 31.3 Å². The van der Waals surface area contributed by atoms with Gasteiger partial charge >= 0.3 is 0 Å². The van der Waals surface area contributed by atoms with Crippen LogP contribution in [0, 0.1) is 0 Å². The molecule has 0 saturated heterocycles. The molecule has 0 aromatic carbocycles. The third kappa shape index (κ3) is 4.08. The zero-order valence-corrected chi connectivity index (χ0v) is 9.68. The van der Waals surface area contributed by atoms with Crippen molar-refractivity contribution >= 4 is 5.71 Å². The second-order valence-corrected chi connectivity index (χ2v) is 4.22. The summed E-state index contributed by atoms with van der Waals surface area (Å²) < 4.78 is 0. The minimum absolute atomic E-state index is 1.17. The lowest BCUT2D eigenvalue weighted by Gasteiger charge is -2.02. The molecule has 0 aromatic heterocycles. The number of hydrogen-bond acceptors (Lipinski definition) is 1. The third-order valence-electron chi connectivity index (χ3n) is 2.78. The summed E-state index contributed by atoms with van der Waals surface area (Å²) in [5.41, 5.74) is 2.97. The summed E-state index contributed by atoms with van der Waals surface area (Å²) in [5, 5.41) is 0. The Kier molecular flexibility index (Phi) is 5.58. The van der Waals surface area contributed by atoms with E-state index in [1.54, 1.807) is 5.57 Å². The van der Waals surface area contributed by atoms with Crippen molar-refractivity contribution in [3.05, 3.63) is 11.8 Å². The standard InChI is InChI=1S/C13H23N/c1-3-5-7-9-13-10-12(11-14-13)8-6-4-2/h11H,3-10H2,1-2H3. The molecule has 0 N–H and O–H groups in total. The van der Waals surface area contributed by atoms with Crippen LogP contribution in [0.1, 0.15) is 65.2 Å². The van der Waals surface area contributed by atoms with E-state index in [4.69, 9.17) is 0 Å². The average Bonchev–Trinajstić information content (AvgIpc) is 2.63. The van der Waals surface area contributed by atoms with E-state index >= 15 is 0 Å². The molecule has 0 bridgehead atoms. The molecule has 0 aliphatic carbocycles. The monoisotopic (exact) mass is 193 g/mol. The first-order valence-electron chi connectivity index (χ1n) is 6.10. The van der Waals surface area contributed by atoms with Crippen molar-refractivity contribution in [2.24, 2.45) is 4.99 Å². The van der Waals surface area contributed by atoms with Crippen LogP contribution in [0.4, 0.5) is 0 Å². The second-order valence-electron chi connectivity index (χ2n) is 4.22. The van der Waals surface area contributed by atoms with Gasteiger partial charge in [0.2, 0.25) is 0 Å². The Morgan fingerprint density at radius 3 is 2.57 bits per heavy atom. The highest BCUT2D eigenvalue weighted by Crippen LogP contribution is 2.20. The van der Waals surface area contributed by atoms with E-state index in [0.29, 0.717) is 0 Å². The van der Waals surface area contributed by atoms with Crippen molar-refractivity contribution in [2.75, 3.05) is 0 Å². The second kappa shape index (κ2) is 6.80. The third-order valence-corrected chi connectivity index (χ3v) is 2.78. The highest BCUT2D eigenvalue weighted by atomic mass is 14.7. The van der Waals surface area contributed by atoms with Crippen LogP contribution < -0.4 is 0 Å². The Hall–Kier alpha value is -0.590. The summed E-state index contributed by atoms with van der Waals surface area (Å²) in [6.45, 7) is 4.50. The predicted octanol–water partition coefficient (Wildman–Crippen LogP) is 4.49. The van der Waals surface area contributed by atoms with Gasteiger partial charge in [-0.25, -0.2) is 0 Å². The molecule has 0 unspecified atom stereocenters. The molecular formula is C13H23N. The molecule has 0 spiro atoms. The molecule has 1 aliphatic heterocycles. The fraction of sp³-hybridized carbons (Fsp3) is 0.769. The van der Waals surface area contributed by atoms with Crippen molar-refractivity contribution < 1.29 is 0 Å². The molecule has 0 atom stereocenters. The highest BCUT2D eigenvalue weighted by Gasteiger charge is 2.08. The molecule has 1 rings (SSSR count). The maximum absolute atomic E-state index is 4.50. The van der Waals surface area contributed by atoms with Gasteiger partial charge in [-0.1, -0.05) is 33.1 Å². The van der Waals surface area contributed by atoms with Crippen LogP contribution in [-0.4, -0.2) is 5.71 Å². The maximum atomic E-state index is 4.50. The maximum Gasteiger partial charge on any atom is 0.0263 e. The summed E-state index contributed by atoms with van der Waals surface area (Å²) in [5.74, 6) is 0. The van der Waals surface area contributed by atoms with Crippen LogP contribution in [0.5, 0.6) is 0 Å². The number of aliphatic imine (C=N–C) groups is 1. The molecule has 1 heteroatoms. The lowest BCUT2D eigenvalue weighted by atomic mass is 10.0. The molecule has 1 aliphatic rings.